The number of ether oxygens (including phenoxy) is 1. The maximum absolute atomic E-state index is 12.8. The highest BCUT2D eigenvalue weighted by molar-refractivity contribution is 5.86. The molecule has 0 aliphatic carbocycles. The van der Waals surface area contributed by atoms with Crippen molar-refractivity contribution >= 4 is 6.21 Å². The van der Waals surface area contributed by atoms with Gasteiger partial charge in [-0.05, 0) is 17.5 Å². The molecule has 7 heteroatoms. The Kier molecular flexibility index (Phi) is 6.82. The monoisotopic (exact) mass is 392 g/mol. The lowest BCUT2D eigenvalue weighted by atomic mass is 10.0. The Balaban J connectivity index is 1.97. The smallest absolute Gasteiger partial charge is 0.271 e. The molecular weight excluding hydrogens is 368 g/mol. The zero-order valence-electron chi connectivity index (χ0n) is 16.4. The molecule has 1 saturated heterocycles. The van der Waals surface area contributed by atoms with E-state index in [1.54, 1.807) is 6.20 Å². The summed E-state index contributed by atoms with van der Waals surface area (Å²) in [4.78, 5) is 19.2. The fourth-order valence-electron chi connectivity index (χ4n) is 3.28. The second kappa shape index (κ2) is 9.71. The predicted molar refractivity (Wildman–Crippen MR) is 111 cm³/mol. The van der Waals surface area contributed by atoms with Crippen LogP contribution in [0.25, 0.3) is 0 Å². The van der Waals surface area contributed by atoms with Gasteiger partial charge in [-0.15, -0.1) is 0 Å². The van der Waals surface area contributed by atoms with Crippen LogP contribution in [0.2, 0.25) is 0 Å². The van der Waals surface area contributed by atoms with E-state index < -0.39 is 5.56 Å². The van der Waals surface area contributed by atoms with Gasteiger partial charge < -0.3 is 14.7 Å². The van der Waals surface area contributed by atoms with Crippen molar-refractivity contribution in [2.24, 2.45) is 4.99 Å². The van der Waals surface area contributed by atoms with Gasteiger partial charge in [0.05, 0.1) is 25.3 Å². The van der Waals surface area contributed by atoms with E-state index in [1.807, 2.05) is 49.5 Å². The molecule has 1 fully saturated rings. The highest BCUT2D eigenvalue weighted by Gasteiger charge is 2.19. The standard InChI is InChI=1S/C22H24N4O3/c1-2-18-19(14-23)21(27)26(16-17-6-4-3-5-7-17)22(28)20(18)15-24-8-9-25-10-12-29-13-11-25/h3-9,15,28H,2,10-13,16H2,1H3. The molecule has 0 bridgehead atoms. The number of aromatic hydroxyl groups is 1. The zero-order chi connectivity index (χ0) is 20.6. The number of hydrogen-bond acceptors (Lipinski definition) is 6. The fraction of sp³-hybridized carbons (Fsp3) is 0.318. The van der Waals surface area contributed by atoms with Gasteiger partial charge in [-0.25, -0.2) is 0 Å². The minimum absolute atomic E-state index is 0.0415. The molecule has 29 heavy (non-hydrogen) atoms. The molecule has 0 amide bonds. The Morgan fingerprint density at radius 1 is 1.28 bits per heavy atom. The second-order valence-electron chi connectivity index (χ2n) is 6.66. The first kappa shape index (κ1) is 20.4. The van der Waals surface area contributed by atoms with E-state index >= 15 is 0 Å². The van der Waals surface area contributed by atoms with Gasteiger partial charge in [0.2, 0.25) is 5.88 Å². The molecule has 1 aromatic heterocycles. The van der Waals surface area contributed by atoms with E-state index in [1.165, 1.54) is 10.8 Å². The van der Waals surface area contributed by atoms with Crippen LogP contribution in [0.4, 0.5) is 0 Å². The molecule has 0 saturated carbocycles. The van der Waals surface area contributed by atoms with Crippen molar-refractivity contribution in [1.82, 2.24) is 9.47 Å². The summed E-state index contributed by atoms with van der Waals surface area (Å²) in [6, 6.07) is 11.3. The van der Waals surface area contributed by atoms with Gasteiger partial charge in [-0.2, -0.15) is 5.26 Å². The van der Waals surface area contributed by atoms with Crippen molar-refractivity contribution in [3.05, 3.63) is 75.3 Å². The normalized spacial score (nSPS) is 14.6. The Hall–Kier alpha value is -3.37. The molecule has 1 aromatic carbocycles. The van der Waals surface area contributed by atoms with E-state index in [9.17, 15) is 15.2 Å². The Morgan fingerprint density at radius 3 is 2.66 bits per heavy atom. The number of nitriles is 1. The van der Waals surface area contributed by atoms with Crippen LogP contribution in [-0.2, 0) is 17.7 Å². The van der Waals surface area contributed by atoms with Crippen LogP contribution in [-0.4, -0.2) is 47.1 Å². The summed E-state index contributed by atoms with van der Waals surface area (Å²) in [5.41, 5.74) is 1.30. The van der Waals surface area contributed by atoms with E-state index in [0.717, 1.165) is 18.7 Å². The molecule has 2 heterocycles. The lowest BCUT2D eigenvalue weighted by molar-refractivity contribution is 0.0593. The second-order valence-corrected chi connectivity index (χ2v) is 6.66. The third-order valence-electron chi connectivity index (χ3n) is 4.84. The van der Waals surface area contributed by atoms with Gasteiger partial charge in [0, 0.05) is 31.7 Å². The predicted octanol–water partition coefficient (Wildman–Crippen LogP) is 2.26. The highest BCUT2D eigenvalue weighted by atomic mass is 16.5. The lowest BCUT2D eigenvalue weighted by Gasteiger charge is -2.24. The Bertz CT molecular complexity index is 997. The van der Waals surface area contributed by atoms with Crippen molar-refractivity contribution in [1.29, 1.82) is 5.26 Å². The van der Waals surface area contributed by atoms with Crippen molar-refractivity contribution in [2.75, 3.05) is 26.3 Å². The molecule has 2 aromatic rings. The Morgan fingerprint density at radius 2 is 2.00 bits per heavy atom. The summed E-state index contributed by atoms with van der Waals surface area (Å²) < 4.78 is 6.53. The first-order chi connectivity index (χ1) is 14.2. The zero-order valence-corrected chi connectivity index (χ0v) is 16.4. The van der Waals surface area contributed by atoms with Crippen molar-refractivity contribution in [3.63, 3.8) is 0 Å². The molecule has 1 N–H and O–H groups in total. The first-order valence-electron chi connectivity index (χ1n) is 9.60. The largest absolute Gasteiger partial charge is 0.494 e. The topological polar surface area (TPSA) is 90.8 Å². The average molecular weight is 392 g/mol. The van der Waals surface area contributed by atoms with E-state index in [2.05, 4.69) is 9.89 Å². The molecule has 0 radical (unpaired) electrons. The number of benzene rings is 1. The van der Waals surface area contributed by atoms with Crippen LogP contribution in [0.15, 0.2) is 52.5 Å². The first-order valence-corrected chi connectivity index (χ1v) is 9.60. The quantitative estimate of drug-likeness (QED) is 0.762. The van der Waals surface area contributed by atoms with Gasteiger partial charge in [0.15, 0.2) is 0 Å². The van der Waals surface area contributed by atoms with Gasteiger partial charge in [0.25, 0.3) is 5.56 Å². The fourth-order valence-corrected chi connectivity index (χ4v) is 3.28. The van der Waals surface area contributed by atoms with Crippen LogP contribution in [0.5, 0.6) is 5.88 Å². The SMILES string of the molecule is CCc1c(C=NC=CN2CCOCC2)c(O)n(Cc2ccccc2)c(=O)c1C#N. The molecule has 7 nitrogen and oxygen atoms in total. The number of hydrogen-bond donors (Lipinski definition) is 1. The molecule has 1 aliphatic heterocycles. The summed E-state index contributed by atoms with van der Waals surface area (Å²) in [5.74, 6) is -0.182. The van der Waals surface area contributed by atoms with Crippen LogP contribution < -0.4 is 5.56 Å². The molecule has 0 spiro atoms. The minimum Gasteiger partial charge on any atom is -0.494 e. The number of aromatic nitrogens is 1. The van der Waals surface area contributed by atoms with Gasteiger partial charge in [0.1, 0.15) is 11.6 Å². The maximum atomic E-state index is 12.8. The number of pyridine rings is 1. The highest BCUT2D eigenvalue weighted by Crippen LogP contribution is 2.22. The Labute approximate surface area is 169 Å². The third-order valence-corrected chi connectivity index (χ3v) is 4.84. The maximum Gasteiger partial charge on any atom is 0.271 e. The van der Waals surface area contributed by atoms with Crippen LogP contribution in [0.1, 0.15) is 29.2 Å². The minimum atomic E-state index is -0.494. The van der Waals surface area contributed by atoms with Crippen molar-refractivity contribution in [3.8, 4) is 11.9 Å². The van der Waals surface area contributed by atoms with Crippen LogP contribution >= 0.6 is 0 Å². The molecular formula is C22H24N4O3. The molecule has 0 unspecified atom stereocenters. The molecule has 1 aliphatic rings. The van der Waals surface area contributed by atoms with Gasteiger partial charge in [-0.1, -0.05) is 37.3 Å². The number of aliphatic imine (C=N–C) groups is 1. The summed E-state index contributed by atoms with van der Waals surface area (Å²) in [6.07, 6.45) is 5.45. The lowest BCUT2D eigenvalue weighted by Crippen LogP contribution is -2.31. The summed E-state index contributed by atoms with van der Waals surface area (Å²) in [6.45, 7) is 5.00. The van der Waals surface area contributed by atoms with Crippen LogP contribution in [0.3, 0.4) is 0 Å². The number of rotatable bonds is 6. The number of morpholine rings is 1. The third kappa shape index (κ3) is 4.73. The van der Waals surface area contributed by atoms with Gasteiger partial charge in [-0.3, -0.25) is 14.4 Å². The number of nitrogens with zero attached hydrogens (tertiary/aromatic N) is 4. The van der Waals surface area contributed by atoms with Crippen molar-refractivity contribution in [2.45, 2.75) is 19.9 Å². The van der Waals surface area contributed by atoms with Gasteiger partial charge >= 0.3 is 0 Å². The average Bonchev–Trinajstić information content (AvgIpc) is 2.76. The molecule has 0 atom stereocenters. The summed E-state index contributed by atoms with van der Waals surface area (Å²) >= 11 is 0. The summed E-state index contributed by atoms with van der Waals surface area (Å²) in [7, 11) is 0. The van der Waals surface area contributed by atoms with E-state index in [-0.39, 0.29) is 18.0 Å². The van der Waals surface area contributed by atoms with Crippen LogP contribution in [0, 0.1) is 11.3 Å². The van der Waals surface area contributed by atoms with Crippen molar-refractivity contribution < 1.29 is 9.84 Å². The molecule has 150 valence electrons. The van der Waals surface area contributed by atoms with E-state index in [0.29, 0.717) is 30.8 Å². The summed E-state index contributed by atoms with van der Waals surface area (Å²) in [5, 5.41) is 20.4. The molecule has 3 rings (SSSR count). The van der Waals surface area contributed by atoms with E-state index in [4.69, 9.17) is 4.74 Å².